The zero-order valence-corrected chi connectivity index (χ0v) is 20.9. The maximum absolute atomic E-state index is 12.6. The third-order valence-electron chi connectivity index (χ3n) is 5.46. The molecule has 1 aliphatic heterocycles. The van der Waals surface area contributed by atoms with Crippen molar-refractivity contribution in [1.29, 1.82) is 0 Å². The lowest BCUT2D eigenvalue weighted by molar-refractivity contribution is -0.139. The summed E-state index contributed by atoms with van der Waals surface area (Å²) in [6, 6.07) is 19.9. The zero-order valence-electron chi connectivity index (χ0n) is 18.5. The highest BCUT2D eigenvalue weighted by Gasteiger charge is 2.26. The molecule has 1 heterocycles. The highest BCUT2D eigenvalue weighted by atomic mass is 35.5. The van der Waals surface area contributed by atoms with Crippen molar-refractivity contribution in [3.63, 3.8) is 0 Å². The third-order valence-corrected chi connectivity index (χ3v) is 8.47. The molecule has 0 aromatic heterocycles. The molecule has 0 saturated heterocycles. The molecule has 0 saturated carbocycles. The maximum atomic E-state index is 12.6. The van der Waals surface area contributed by atoms with E-state index in [4.69, 9.17) is 21.1 Å². The molecule has 6 nitrogen and oxygen atoms in total. The Hall–Kier alpha value is -2.52. The van der Waals surface area contributed by atoms with Crippen molar-refractivity contribution < 1.29 is 22.7 Å². The lowest BCUT2D eigenvalue weighted by Crippen LogP contribution is -2.26. The van der Waals surface area contributed by atoms with Gasteiger partial charge in [0.1, 0.15) is 12.4 Å². The van der Waals surface area contributed by atoms with Gasteiger partial charge in [-0.2, -0.15) is 0 Å². The molecule has 9 heteroatoms. The van der Waals surface area contributed by atoms with E-state index in [1.807, 2.05) is 36.4 Å². The van der Waals surface area contributed by atoms with E-state index in [0.29, 0.717) is 17.4 Å². The number of methoxy groups -OCH3 is 1. The fraction of sp³-hybridized carbons (Fsp3) is 0.240. The summed E-state index contributed by atoms with van der Waals surface area (Å²) < 4.78 is 38.7. The number of nitrogens with one attached hydrogen (secondary N) is 1. The van der Waals surface area contributed by atoms with Crippen molar-refractivity contribution in [2.45, 2.75) is 23.2 Å². The highest BCUT2D eigenvalue weighted by Crippen LogP contribution is 2.44. The van der Waals surface area contributed by atoms with Crippen LogP contribution >= 0.6 is 23.4 Å². The molecule has 0 amide bonds. The monoisotopic (exact) mass is 517 g/mol. The summed E-state index contributed by atoms with van der Waals surface area (Å²) in [6.07, 6.45) is 0.170. The number of sulfonamides is 1. The van der Waals surface area contributed by atoms with Gasteiger partial charge in [-0.25, -0.2) is 13.1 Å². The first-order chi connectivity index (χ1) is 16.4. The molecule has 178 valence electrons. The van der Waals surface area contributed by atoms with Gasteiger partial charge in [0.2, 0.25) is 10.0 Å². The quantitative estimate of drug-likeness (QED) is 0.343. The molecule has 0 bridgehead atoms. The molecule has 0 fully saturated rings. The average molecular weight is 518 g/mol. The number of carbonyl (C=O) groups is 1. The summed E-state index contributed by atoms with van der Waals surface area (Å²) in [5, 5.41) is 0.403. The van der Waals surface area contributed by atoms with E-state index in [9.17, 15) is 13.2 Å². The van der Waals surface area contributed by atoms with Crippen molar-refractivity contribution in [2.75, 3.05) is 19.4 Å². The van der Waals surface area contributed by atoms with Gasteiger partial charge in [0.25, 0.3) is 0 Å². The minimum atomic E-state index is -3.63. The summed E-state index contributed by atoms with van der Waals surface area (Å²) in [7, 11) is -2.26. The van der Waals surface area contributed by atoms with Crippen LogP contribution in [-0.2, 0) is 32.6 Å². The van der Waals surface area contributed by atoms with Gasteiger partial charge in [-0.3, -0.25) is 4.79 Å². The number of benzene rings is 3. The van der Waals surface area contributed by atoms with Crippen LogP contribution in [0.5, 0.6) is 5.75 Å². The number of ether oxygens (including phenoxy) is 2. The molecule has 1 unspecified atom stereocenters. The Bertz CT molecular complexity index is 1280. The van der Waals surface area contributed by atoms with Gasteiger partial charge in [-0.1, -0.05) is 48.0 Å². The molecule has 3 aromatic rings. The molecule has 0 radical (unpaired) electrons. The Morgan fingerprint density at radius 1 is 1.12 bits per heavy atom. The van der Waals surface area contributed by atoms with Gasteiger partial charge in [-0.15, -0.1) is 11.8 Å². The predicted molar refractivity (Wildman–Crippen MR) is 134 cm³/mol. The summed E-state index contributed by atoms with van der Waals surface area (Å²) in [6.45, 7) is 0.701. The van der Waals surface area contributed by atoms with Crippen LogP contribution in [0.3, 0.4) is 0 Å². The second-order valence-corrected chi connectivity index (χ2v) is 11.1. The lowest BCUT2D eigenvalue weighted by Gasteiger charge is -2.20. The number of hydrogen-bond donors (Lipinski definition) is 1. The van der Waals surface area contributed by atoms with Crippen LogP contribution in [0.15, 0.2) is 71.6 Å². The Morgan fingerprint density at radius 2 is 1.88 bits per heavy atom. The van der Waals surface area contributed by atoms with Crippen LogP contribution < -0.4 is 9.46 Å². The van der Waals surface area contributed by atoms with Gasteiger partial charge < -0.3 is 9.47 Å². The number of rotatable bonds is 8. The number of fused-ring (bicyclic) bond motifs is 2. The van der Waals surface area contributed by atoms with E-state index in [2.05, 4.69) is 10.8 Å². The molecule has 34 heavy (non-hydrogen) atoms. The topological polar surface area (TPSA) is 81.7 Å². The second kappa shape index (κ2) is 10.8. The van der Waals surface area contributed by atoms with Crippen LogP contribution in [-0.4, -0.2) is 33.8 Å². The smallest absolute Gasteiger partial charge is 0.309 e. The summed E-state index contributed by atoms with van der Waals surface area (Å²) in [5.74, 6) is 0.978. The highest BCUT2D eigenvalue weighted by molar-refractivity contribution is 7.99. The number of halogens is 1. The molecule has 1 atom stereocenters. The molecule has 1 N–H and O–H groups in total. The van der Waals surface area contributed by atoms with E-state index < -0.39 is 10.0 Å². The lowest BCUT2D eigenvalue weighted by atomic mass is 9.98. The second-order valence-electron chi connectivity index (χ2n) is 7.72. The van der Waals surface area contributed by atoms with Crippen molar-refractivity contribution in [2.24, 2.45) is 0 Å². The maximum Gasteiger partial charge on any atom is 0.309 e. The first-order valence-electron chi connectivity index (χ1n) is 10.6. The number of esters is 1. The molecule has 3 aromatic carbocycles. The van der Waals surface area contributed by atoms with Crippen molar-refractivity contribution in [3.05, 3.63) is 94.0 Å². The molecular weight excluding hydrogens is 494 g/mol. The van der Waals surface area contributed by atoms with Crippen molar-refractivity contribution >= 4 is 39.4 Å². The SMILES string of the molecule is COC(=O)Cc1ccc2c(c1)C(SCCNS(=O)(=O)c1ccc(Cl)cc1)c1ccccc1CO2. The van der Waals surface area contributed by atoms with Crippen LogP contribution in [0.25, 0.3) is 0 Å². The van der Waals surface area contributed by atoms with E-state index in [-0.39, 0.29) is 29.1 Å². The minimum absolute atomic E-state index is 0.0775. The van der Waals surface area contributed by atoms with Crippen LogP contribution in [0.4, 0.5) is 0 Å². The van der Waals surface area contributed by atoms with E-state index in [1.165, 1.54) is 19.2 Å². The first-order valence-corrected chi connectivity index (χ1v) is 13.6. The number of thioether (sulfide) groups is 1. The fourth-order valence-electron chi connectivity index (χ4n) is 3.76. The minimum Gasteiger partial charge on any atom is -0.489 e. The van der Waals surface area contributed by atoms with E-state index in [0.717, 1.165) is 28.0 Å². The molecule has 4 rings (SSSR count). The Morgan fingerprint density at radius 3 is 2.65 bits per heavy atom. The fourth-order valence-corrected chi connectivity index (χ4v) is 6.27. The molecular formula is C25H24ClNO5S2. The van der Waals surface area contributed by atoms with Gasteiger partial charge in [0.15, 0.2) is 0 Å². The normalized spacial score (nSPS) is 14.9. The zero-order chi connectivity index (χ0) is 24.1. The third kappa shape index (κ3) is 5.75. The van der Waals surface area contributed by atoms with Gasteiger partial charge in [-0.05, 0) is 47.0 Å². The summed E-state index contributed by atoms with van der Waals surface area (Å²) >= 11 is 7.49. The Balaban J connectivity index is 1.54. The van der Waals surface area contributed by atoms with E-state index >= 15 is 0 Å². The largest absolute Gasteiger partial charge is 0.489 e. The van der Waals surface area contributed by atoms with Crippen LogP contribution in [0.2, 0.25) is 5.02 Å². The Kier molecular flexibility index (Phi) is 7.83. The molecule has 0 spiro atoms. The summed E-state index contributed by atoms with van der Waals surface area (Å²) in [4.78, 5) is 12.0. The molecule has 1 aliphatic rings. The first kappa shape index (κ1) is 24.6. The standard InChI is InChI=1S/C25H24ClNO5S2/c1-31-24(28)15-17-6-11-23-22(14-17)25(21-5-3-2-4-18(21)16-32-23)33-13-12-27-34(29,30)20-9-7-19(26)8-10-20/h2-11,14,25,27H,12-13,15-16H2,1H3. The number of hydrogen-bond acceptors (Lipinski definition) is 6. The van der Waals surface area contributed by atoms with Gasteiger partial charge >= 0.3 is 5.97 Å². The van der Waals surface area contributed by atoms with Gasteiger partial charge in [0, 0.05) is 22.9 Å². The van der Waals surface area contributed by atoms with Crippen molar-refractivity contribution in [1.82, 2.24) is 4.72 Å². The van der Waals surface area contributed by atoms with E-state index in [1.54, 1.807) is 23.9 Å². The molecule has 0 aliphatic carbocycles. The predicted octanol–water partition coefficient (Wildman–Crippen LogP) is 4.75. The van der Waals surface area contributed by atoms with Crippen LogP contribution in [0, 0.1) is 0 Å². The van der Waals surface area contributed by atoms with Crippen molar-refractivity contribution in [3.8, 4) is 5.75 Å². The summed E-state index contributed by atoms with van der Waals surface area (Å²) in [5.41, 5.74) is 3.98. The number of carbonyl (C=O) groups excluding carboxylic acids is 1. The van der Waals surface area contributed by atoms with Gasteiger partial charge in [0.05, 0.1) is 23.7 Å². The van der Waals surface area contributed by atoms with Crippen LogP contribution in [0.1, 0.15) is 27.5 Å². The Labute approximate surface area is 208 Å². The average Bonchev–Trinajstić information content (AvgIpc) is 2.98.